The van der Waals surface area contributed by atoms with E-state index in [2.05, 4.69) is 15.6 Å². The fourth-order valence-corrected chi connectivity index (χ4v) is 2.93. The van der Waals surface area contributed by atoms with Gasteiger partial charge in [0.25, 0.3) is 5.91 Å². The smallest absolute Gasteiger partial charge is 0.276 e. The number of nitrogens with one attached hydrogen (secondary N) is 1. The van der Waals surface area contributed by atoms with Gasteiger partial charge in [-0.25, -0.2) is 9.07 Å². The first-order valence-corrected chi connectivity index (χ1v) is 7.74. The molecule has 0 aliphatic carbocycles. The van der Waals surface area contributed by atoms with Crippen LogP contribution in [-0.2, 0) is 6.54 Å². The van der Waals surface area contributed by atoms with Crippen molar-refractivity contribution < 1.29 is 9.18 Å². The van der Waals surface area contributed by atoms with Gasteiger partial charge in [-0.3, -0.25) is 4.79 Å². The average molecular weight is 354 g/mol. The molecule has 0 radical (unpaired) electrons. The van der Waals surface area contributed by atoms with Gasteiger partial charge < -0.3 is 10.2 Å². The van der Waals surface area contributed by atoms with E-state index in [1.54, 1.807) is 16.9 Å². The summed E-state index contributed by atoms with van der Waals surface area (Å²) in [6.07, 6.45) is 2.63. The molecule has 0 bridgehead atoms. The van der Waals surface area contributed by atoms with Crippen molar-refractivity contribution in [2.45, 2.75) is 13.0 Å². The SMILES string of the molecule is CNCC1CCN(C(=O)c2cn(Cc3cccc(F)c3)nn2)C1.Cl. The second kappa shape index (κ2) is 8.21. The van der Waals surface area contributed by atoms with E-state index in [-0.39, 0.29) is 24.1 Å². The number of benzene rings is 1. The standard InChI is InChI=1S/C16H20FN5O.ClH/c1-18-8-13-5-6-21(9-13)16(23)15-11-22(20-19-15)10-12-3-2-4-14(17)7-12;/h2-4,7,11,13,18H,5-6,8-10H2,1H3;1H. The molecule has 1 N–H and O–H groups in total. The molecule has 1 unspecified atom stereocenters. The number of halogens is 2. The highest BCUT2D eigenvalue weighted by molar-refractivity contribution is 5.92. The van der Waals surface area contributed by atoms with E-state index in [1.165, 1.54) is 12.1 Å². The van der Waals surface area contributed by atoms with Crippen LogP contribution in [0.4, 0.5) is 4.39 Å². The molecule has 2 heterocycles. The summed E-state index contributed by atoms with van der Waals surface area (Å²) in [5, 5.41) is 11.1. The van der Waals surface area contributed by atoms with Gasteiger partial charge in [0.1, 0.15) is 5.82 Å². The van der Waals surface area contributed by atoms with Crippen LogP contribution < -0.4 is 5.32 Å². The molecule has 3 rings (SSSR count). The van der Waals surface area contributed by atoms with Gasteiger partial charge in [-0.05, 0) is 43.6 Å². The molecular formula is C16H21ClFN5O. The molecular weight excluding hydrogens is 333 g/mol. The van der Waals surface area contributed by atoms with Crippen LogP contribution in [0.3, 0.4) is 0 Å². The quantitative estimate of drug-likeness (QED) is 0.886. The number of carbonyl (C=O) groups excluding carboxylic acids is 1. The Hall–Kier alpha value is -1.99. The van der Waals surface area contributed by atoms with Gasteiger partial charge in [-0.15, -0.1) is 17.5 Å². The zero-order valence-corrected chi connectivity index (χ0v) is 14.3. The van der Waals surface area contributed by atoms with Crippen molar-refractivity contribution in [3.8, 4) is 0 Å². The summed E-state index contributed by atoms with van der Waals surface area (Å²) in [6, 6.07) is 6.32. The Labute approximate surface area is 146 Å². The highest BCUT2D eigenvalue weighted by Crippen LogP contribution is 2.17. The molecule has 0 spiro atoms. The Morgan fingerprint density at radius 1 is 1.46 bits per heavy atom. The number of hydrogen-bond acceptors (Lipinski definition) is 4. The summed E-state index contributed by atoms with van der Waals surface area (Å²) in [5.41, 5.74) is 1.12. The van der Waals surface area contributed by atoms with Crippen molar-refractivity contribution in [2.75, 3.05) is 26.7 Å². The summed E-state index contributed by atoms with van der Waals surface area (Å²) in [5.74, 6) is 0.118. The van der Waals surface area contributed by atoms with Crippen molar-refractivity contribution >= 4 is 18.3 Å². The fraction of sp³-hybridized carbons (Fsp3) is 0.438. The fourth-order valence-electron chi connectivity index (χ4n) is 2.93. The van der Waals surface area contributed by atoms with Crippen LogP contribution in [0.1, 0.15) is 22.5 Å². The first-order chi connectivity index (χ1) is 11.2. The zero-order chi connectivity index (χ0) is 16.2. The Balaban J connectivity index is 0.00000208. The van der Waals surface area contributed by atoms with E-state index in [4.69, 9.17) is 0 Å². The van der Waals surface area contributed by atoms with Gasteiger partial charge in [0.05, 0.1) is 12.7 Å². The van der Waals surface area contributed by atoms with E-state index in [0.29, 0.717) is 18.2 Å². The van der Waals surface area contributed by atoms with Gasteiger partial charge in [-0.2, -0.15) is 0 Å². The number of hydrogen-bond donors (Lipinski definition) is 1. The summed E-state index contributed by atoms with van der Waals surface area (Å²) in [7, 11) is 1.92. The average Bonchev–Trinajstić information content (AvgIpc) is 3.17. The third-order valence-electron chi connectivity index (χ3n) is 4.06. The Morgan fingerprint density at radius 3 is 3.04 bits per heavy atom. The number of amides is 1. The van der Waals surface area contributed by atoms with Gasteiger partial charge in [0.15, 0.2) is 5.69 Å². The van der Waals surface area contributed by atoms with E-state index < -0.39 is 0 Å². The molecule has 1 aliphatic rings. The van der Waals surface area contributed by atoms with E-state index in [9.17, 15) is 9.18 Å². The lowest BCUT2D eigenvalue weighted by molar-refractivity contribution is 0.0781. The predicted molar refractivity (Wildman–Crippen MR) is 90.7 cm³/mol. The number of carbonyl (C=O) groups is 1. The predicted octanol–water partition coefficient (Wildman–Crippen LogP) is 1.57. The number of likely N-dealkylation sites (tertiary alicyclic amines) is 1. The van der Waals surface area contributed by atoms with Gasteiger partial charge >= 0.3 is 0 Å². The monoisotopic (exact) mass is 353 g/mol. The molecule has 1 fully saturated rings. The molecule has 2 aromatic rings. The molecule has 8 heteroatoms. The van der Waals surface area contributed by atoms with Crippen LogP contribution in [0.5, 0.6) is 0 Å². The minimum Gasteiger partial charge on any atom is -0.337 e. The first-order valence-electron chi connectivity index (χ1n) is 7.74. The summed E-state index contributed by atoms with van der Waals surface area (Å²) < 4.78 is 14.8. The second-order valence-corrected chi connectivity index (χ2v) is 5.89. The largest absolute Gasteiger partial charge is 0.337 e. The minimum absolute atomic E-state index is 0. The van der Waals surface area contributed by atoms with Gasteiger partial charge in [0, 0.05) is 13.1 Å². The molecule has 6 nitrogen and oxygen atoms in total. The first kappa shape index (κ1) is 18.4. The maximum atomic E-state index is 13.2. The molecule has 1 aromatic carbocycles. The van der Waals surface area contributed by atoms with Crippen LogP contribution in [0.2, 0.25) is 0 Å². The number of nitrogens with zero attached hydrogens (tertiary/aromatic N) is 4. The Bertz CT molecular complexity index is 693. The highest BCUT2D eigenvalue weighted by Gasteiger charge is 2.27. The van der Waals surface area contributed by atoms with Crippen molar-refractivity contribution in [3.05, 3.63) is 47.5 Å². The minimum atomic E-state index is -0.286. The topological polar surface area (TPSA) is 63.1 Å². The van der Waals surface area contributed by atoms with Gasteiger partial charge in [-0.1, -0.05) is 17.3 Å². The van der Waals surface area contributed by atoms with Crippen LogP contribution >= 0.6 is 12.4 Å². The summed E-state index contributed by atoms with van der Waals surface area (Å²) in [4.78, 5) is 14.3. The lowest BCUT2D eigenvalue weighted by atomic mass is 10.1. The maximum absolute atomic E-state index is 13.2. The molecule has 24 heavy (non-hydrogen) atoms. The van der Waals surface area contributed by atoms with Crippen LogP contribution in [-0.4, -0.2) is 52.5 Å². The van der Waals surface area contributed by atoms with Gasteiger partial charge in [0.2, 0.25) is 0 Å². The summed E-state index contributed by atoms with van der Waals surface area (Å²) in [6.45, 7) is 2.80. The molecule has 1 aromatic heterocycles. The van der Waals surface area contributed by atoms with Crippen molar-refractivity contribution in [3.63, 3.8) is 0 Å². The lowest BCUT2D eigenvalue weighted by Crippen LogP contribution is -2.30. The van der Waals surface area contributed by atoms with E-state index in [1.807, 2.05) is 18.0 Å². The Morgan fingerprint density at radius 2 is 2.29 bits per heavy atom. The third kappa shape index (κ3) is 4.30. The van der Waals surface area contributed by atoms with Crippen molar-refractivity contribution in [1.29, 1.82) is 0 Å². The Kier molecular flexibility index (Phi) is 6.28. The third-order valence-corrected chi connectivity index (χ3v) is 4.06. The lowest BCUT2D eigenvalue weighted by Gasteiger charge is -2.14. The van der Waals surface area contributed by atoms with E-state index >= 15 is 0 Å². The summed E-state index contributed by atoms with van der Waals surface area (Å²) >= 11 is 0. The normalized spacial score (nSPS) is 16.9. The molecule has 1 saturated heterocycles. The number of rotatable bonds is 5. The molecule has 130 valence electrons. The van der Waals surface area contributed by atoms with Crippen LogP contribution in [0, 0.1) is 11.7 Å². The maximum Gasteiger partial charge on any atom is 0.276 e. The van der Waals surface area contributed by atoms with E-state index in [0.717, 1.165) is 31.6 Å². The molecule has 1 atom stereocenters. The van der Waals surface area contributed by atoms with Crippen LogP contribution in [0.25, 0.3) is 0 Å². The highest BCUT2D eigenvalue weighted by atomic mass is 35.5. The molecule has 1 amide bonds. The molecule has 1 aliphatic heterocycles. The molecule has 0 saturated carbocycles. The zero-order valence-electron chi connectivity index (χ0n) is 13.5. The second-order valence-electron chi connectivity index (χ2n) is 5.89. The van der Waals surface area contributed by atoms with Crippen molar-refractivity contribution in [1.82, 2.24) is 25.2 Å². The number of aromatic nitrogens is 3. The van der Waals surface area contributed by atoms with Crippen LogP contribution in [0.15, 0.2) is 30.5 Å². The van der Waals surface area contributed by atoms with Crippen molar-refractivity contribution in [2.24, 2.45) is 5.92 Å².